The van der Waals surface area contributed by atoms with Gasteiger partial charge in [0.1, 0.15) is 0 Å². The molecule has 1 saturated carbocycles. The van der Waals surface area contributed by atoms with Crippen LogP contribution >= 0.6 is 11.8 Å². The van der Waals surface area contributed by atoms with Crippen LogP contribution in [0.5, 0.6) is 0 Å². The van der Waals surface area contributed by atoms with E-state index >= 15 is 0 Å². The molecule has 0 aromatic carbocycles. The normalized spacial score (nSPS) is 26.0. The smallest absolute Gasteiger partial charge is 0.0625 e. The number of nitrogens with zero attached hydrogens (tertiary/aromatic N) is 2. The molecular formula is C17H31N3S. The maximum Gasteiger partial charge on any atom is 0.0625 e. The van der Waals surface area contributed by atoms with Crippen LogP contribution in [0.15, 0.2) is 17.3 Å². The predicted molar refractivity (Wildman–Crippen MR) is 91.9 cm³/mol. The second-order valence-electron chi connectivity index (χ2n) is 6.31. The first-order valence-electron chi connectivity index (χ1n) is 8.62. The van der Waals surface area contributed by atoms with Crippen LogP contribution < -0.4 is 5.32 Å². The number of hydrogen-bond acceptors (Lipinski definition) is 3. The summed E-state index contributed by atoms with van der Waals surface area (Å²) < 4.78 is 1.91. The molecule has 0 radical (unpaired) electrons. The Kier molecular flexibility index (Phi) is 7.65. The van der Waals surface area contributed by atoms with E-state index in [1.807, 2.05) is 29.7 Å². The molecule has 1 N–H and O–H groups in total. The summed E-state index contributed by atoms with van der Waals surface area (Å²) in [7, 11) is 4.13. The molecule has 120 valence electrons. The highest BCUT2D eigenvalue weighted by molar-refractivity contribution is 8.00. The van der Waals surface area contributed by atoms with Gasteiger partial charge in [-0.15, -0.1) is 11.8 Å². The van der Waals surface area contributed by atoms with Crippen LogP contribution in [-0.2, 0) is 7.05 Å². The largest absolute Gasteiger partial charge is 0.316 e. The van der Waals surface area contributed by atoms with E-state index in [0.29, 0.717) is 11.3 Å². The Morgan fingerprint density at radius 2 is 1.67 bits per heavy atom. The van der Waals surface area contributed by atoms with Gasteiger partial charge in [-0.2, -0.15) is 5.10 Å². The molecule has 1 aliphatic rings. The molecular weight excluding hydrogens is 278 g/mol. The minimum Gasteiger partial charge on any atom is -0.316 e. The van der Waals surface area contributed by atoms with Gasteiger partial charge in [0.2, 0.25) is 0 Å². The van der Waals surface area contributed by atoms with E-state index in [-0.39, 0.29) is 0 Å². The van der Waals surface area contributed by atoms with Crippen molar-refractivity contribution >= 4 is 11.8 Å². The molecule has 0 spiro atoms. The lowest BCUT2D eigenvalue weighted by Gasteiger charge is -2.26. The Morgan fingerprint density at radius 3 is 2.24 bits per heavy atom. The first-order valence-corrected chi connectivity index (χ1v) is 9.50. The molecule has 2 unspecified atom stereocenters. The monoisotopic (exact) mass is 309 g/mol. The molecule has 0 bridgehead atoms. The third kappa shape index (κ3) is 6.03. The summed E-state index contributed by atoms with van der Waals surface area (Å²) in [5.41, 5.74) is 0. The molecule has 1 fully saturated rings. The average Bonchev–Trinajstić information content (AvgIpc) is 2.87. The van der Waals surface area contributed by atoms with Crippen molar-refractivity contribution in [2.75, 3.05) is 7.05 Å². The Labute approximate surface area is 134 Å². The van der Waals surface area contributed by atoms with Gasteiger partial charge in [0, 0.05) is 29.4 Å². The fourth-order valence-corrected chi connectivity index (χ4v) is 4.66. The number of hydrogen-bond donors (Lipinski definition) is 1. The summed E-state index contributed by atoms with van der Waals surface area (Å²) in [5.74, 6) is 0. The van der Waals surface area contributed by atoms with Crippen LogP contribution in [0.4, 0.5) is 0 Å². The highest BCUT2D eigenvalue weighted by Gasteiger charge is 2.21. The van der Waals surface area contributed by atoms with Crippen molar-refractivity contribution in [2.24, 2.45) is 7.05 Å². The summed E-state index contributed by atoms with van der Waals surface area (Å²) in [6.45, 7) is 0. The fraction of sp³-hybridized carbons (Fsp3) is 0.824. The minimum atomic E-state index is 0.634. The number of aryl methyl sites for hydroxylation is 1. The molecule has 1 aromatic rings. The highest BCUT2D eigenvalue weighted by Crippen LogP contribution is 2.31. The van der Waals surface area contributed by atoms with Crippen LogP contribution in [0.2, 0.25) is 0 Å². The molecule has 3 nitrogen and oxygen atoms in total. The van der Waals surface area contributed by atoms with E-state index in [1.165, 1.54) is 69.1 Å². The molecule has 1 aromatic heterocycles. The van der Waals surface area contributed by atoms with Crippen LogP contribution in [0.1, 0.15) is 64.2 Å². The van der Waals surface area contributed by atoms with Gasteiger partial charge in [-0.05, 0) is 19.9 Å². The predicted octanol–water partition coefficient (Wildman–Crippen LogP) is 4.38. The van der Waals surface area contributed by atoms with Gasteiger partial charge in [0.05, 0.1) is 6.20 Å². The molecule has 2 rings (SSSR count). The molecule has 0 amide bonds. The quantitative estimate of drug-likeness (QED) is 0.898. The van der Waals surface area contributed by atoms with E-state index in [0.717, 1.165) is 0 Å². The van der Waals surface area contributed by atoms with Crippen molar-refractivity contribution in [3.63, 3.8) is 0 Å². The first-order chi connectivity index (χ1) is 10.3. The van der Waals surface area contributed by atoms with Crippen molar-refractivity contribution in [3.05, 3.63) is 12.4 Å². The van der Waals surface area contributed by atoms with E-state index < -0.39 is 0 Å². The Bertz CT molecular complexity index is 391. The molecule has 0 saturated heterocycles. The van der Waals surface area contributed by atoms with Gasteiger partial charge in [0.25, 0.3) is 0 Å². The molecule has 0 aliphatic heterocycles. The number of nitrogens with one attached hydrogen (secondary N) is 1. The zero-order chi connectivity index (χ0) is 14.9. The summed E-state index contributed by atoms with van der Waals surface area (Å²) in [6, 6.07) is 0.634. The van der Waals surface area contributed by atoms with Gasteiger partial charge in [-0.25, -0.2) is 0 Å². The lowest BCUT2D eigenvalue weighted by Crippen LogP contribution is -2.35. The Morgan fingerprint density at radius 1 is 1.05 bits per heavy atom. The Hall–Kier alpha value is -0.480. The van der Waals surface area contributed by atoms with Gasteiger partial charge in [-0.3, -0.25) is 4.68 Å². The standard InChI is InChI=1S/C17H31N3S/c1-18-16-11-9-7-5-3-4-6-8-10-12-17(16)21-15-13-19-20(2)14-15/h13-14,16-18H,3-12H2,1-2H3. The van der Waals surface area contributed by atoms with Gasteiger partial charge >= 0.3 is 0 Å². The molecule has 4 heteroatoms. The van der Waals surface area contributed by atoms with Crippen molar-refractivity contribution < 1.29 is 0 Å². The van der Waals surface area contributed by atoms with Crippen LogP contribution in [0, 0.1) is 0 Å². The van der Waals surface area contributed by atoms with Gasteiger partial charge in [0.15, 0.2) is 0 Å². The minimum absolute atomic E-state index is 0.634. The maximum atomic E-state index is 4.31. The van der Waals surface area contributed by atoms with Crippen molar-refractivity contribution in [1.82, 2.24) is 15.1 Å². The highest BCUT2D eigenvalue weighted by atomic mass is 32.2. The number of rotatable bonds is 3. The SMILES string of the molecule is CNC1CCCCCCCCCCC1Sc1cnn(C)c1. The lowest BCUT2D eigenvalue weighted by atomic mass is 9.97. The van der Waals surface area contributed by atoms with E-state index in [4.69, 9.17) is 0 Å². The average molecular weight is 310 g/mol. The third-order valence-corrected chi connectivity index (χ3v) is 5.89. The van der Waals surface area contributed by atoms with Crippen LogP contribution in [0.25, 0.3) is 0 Å². The summed E-state index contributed by atoms with van der Waals surface area (Å²) >= 11 is 2.02. The summed E-state index contributed by atoms with van der Waals surface area (Å²) in [6.07, 6.45) is 18.1. The van der Waals surface area contributed by atoms with Crippen LogP contribution in [0.3, 0.4) is 0 Å². The number of aromatic nitrogens is 2. The van der Waals surface area contributed by atoms with E-state index in [2.05, 4.69) is 23.7 Å². The first kappa shape index (κ1) is 16.9. The maximum absolute atomic E-state index is 4.31. The lowest BCUT2D eigenvalue weighted by molar-refractivity contribution is 0.434. The van der Waals surface area contributed by atoms with Crippen molar-refractivity contribution in [3.8, 4) is 0 Å². The van der Waals surface area contributed by atoms with Crippen molar-refractivity contribution in [2.45, 2.75) is 80.4 Å². The topological polar surface area (TPSA) is 29.9 Å². The van der Waals surface area contributed by atoms with Crippen molar-refractivity contribution in [1.29, 1.82) is 0 Å². The summed E-state index contributed by atoms with van der Waals surface area (Å²) in [5, 5.41) is 8.58. The van der Waals surface area contributed by atoms with E-state index in [1.54, 1.807) is 0 Å². The second kappa shape index (κ2) is 9.52. The van der Waals surface area contributed by atoms with E-state index in [9.17, 15) is 0 Å². The molecule has 21 heavy (non-hydrogen) atoms. The third-order valence-electron chi connectivity index (χ3n) is 4.54. The number of thioether (sulfide) groups is 1. The summed E-state index contributed by atoms with van der Waals surface area (Å²) in [4.78, 5) is 1.31. The second-order valence-corrected chi connectivity index (χ2v) is 7.62. The molecule has 1 heterocycles. The zero-order valence-corrected chi connectivity index (χ0v) is 14.5. The fourth-order valence-electron chi connectivity index (χ4n) is 3.26. The zero-order valence-electron chi connectivity index (χ0n) is 13.7. The van der Waals surface area contributed by atoms with Gasteiger partial charge in [-0.1, -0.05) is 51.4 Å². The molecule has 2 atom stereocenters. The molecule has 1 aliphatic carbocycles. The van der Waals surface area contributed by atoms with Crippen LogP contribution in [-0.4, -0.2) is 28.1 Å². The Balaban J connectivity index is 1.95. The van der Waals surface area contributed by atoms with Gasteiger partial charge < -0.3 is 5.32 Å².